The van der Waals surface area contributed by atoms with Crippen molar-refractivity contribution in [2.24, 2.45) is 5.73 Å². The second kappa shape index (κ2) is 6.77. The van der Waals surface area contributed by atoms with Crippen LogP contribution in [-0.4, -0.2) is 27.3 Å². The van der Waals surface area contributed by atoms with Gasteiger partial charge >= 0.3 is 0 Å². The van der Waals surface area contributed by atoms with Crippen molar-refractivity contribution in [1.29, 1.82) is 0 Å². The number of rotatable bonds is 3. The quantitative estimate of drug-likeness (QED) is 0.765. The van der Waals surface area contributed by atoms with E-state index >= 15 is 0 Å². The minimum atomic E-state index is 0.0570. The Morgan fingerprint density at radius 1 is 1.19 bits per heavy atom. The molecule has 26 heavy (non-hydrogen) atoms. The lowest BCUT2D eigenvalue weighted by Crippen LogP contribution is -2.36. The molecule has 0 saturated carbocycles. The summed E-state index contributed by atoms with van der Waals surface area (Å²) in [5.74, 6) is 0.966. The molecule has 3 aromatic rings. The predicted octanol–water partition coefficient (Wildman–Crippen LogP) is 3.04. The molecule has 0 saturated heterocycles. The van der Waals surface area contributed by atoms with Gasteiger partial charge in [0.1, 0.15) is 5.82 Å². The van der Waals surface area contributed by atoms with Gasteiger partial charge in [0.2, 0.25) is 0 Å². The molecule has 132 valence electrons. The lowest BCUT2D eigenvalue weighted by molar-refractivity contribution is 0.0732. The normalized spacial score (nSPS) is 13.5. The zero-order chi connectivity index (χ0) is 18.1. The minimum Gasteiger partial charge on any atom is -0.344 e. The molecule has 0 fully saturated rings. The van der Waals surface area contributed by atoms with E-state index in [1.165, 1.54) is 0 Å². The molecule has 1 aromatic heterocycles. The summed E-state index contributed by atoms with van der Waals surface area (Å²) >= 11 is 0. The average Bonchev–Trinajstić information content (AvgIpc) is 3.06. The molecule has 1 aliphatic heterocycles. The number of imidazole rings is 1. The highest BCUT2D eigenvalue weighted by Crippen LogP contribution is 2.25. The Bertz CT molecular complexity index is 943. The number of nitrogens with zero attached hydrogens (tertiary/aromatic N) is 2. The van der Waals surface area contributed by atoms with E-state index < -0.39 is 0 Å². The van der Waals surface area contributed by atoms with Gasteiger partial charge < -0.3 is 15.6 Å². The highest BCUT2D eigenvalue weighted by Gasteiger charge is 2.24. The summed E-state index contributed by atoms with van der Waals surface area (Å²) in [6, 6.07) is 15.9. The van der Waals surface area contributed by atoms with Crippen molar-refractivity contribution in [3.8, 4) is 11.1 Å². The third kappa shape index (κ3) is 3.02. The lowest BCUT2D eigenvalue weighted by Gasteiger charge is -2.26. The van der Waals surface area contributed by atoms with E-state index in [4.69, 9.17) is 5.73 Å². The minimum absolute atomic E-state index is 0.0570. The predicted molar refractivity (Wildman–Crippen MR) is 102 cm³/mol. The highest BCUT2D eigenvalue weighted by atomic mass is 16.2. The molecule has 5 nitrogen and oxygen atoms in total. The number of fused-ring (bicyclic) bond motifs is 1. The highest BCUT2D eigenvalue weighted by molar-refractivity contribution is 5.94. The summed E-state index contributed by atoms with van der Waals surface area (Å²) in [6.45, 7) is 3.74. The number of H-pyrrole nitrogens is 1. The molecule has 0 unspecified atom stereocenters. The second-order valence-electron chi connectivity index (χ2n) is 6.66. The summed E-state index contributed by atoms with van der Waals surface area (Å²) in [7, 11) is 0. The molecule has 1 amide bonds. The Morgan fingerprint density at radius 2 is 1.96 bits per heavy atom. The topological polar surface area (TPSA) is 75.0 Å². The lowest BCUT2D eigenvalue weighted by atomic mass is 9.98. The van der Waals surface area contributed by atoms with E-state index in [2.05, 4.69) is 16.0 Å². The maximum atomic E-state index is 12.9. The van der Waals surface area contributed by atoms with Gasteiger partial charge in [-0.1, -0.05) is 36.4 Å². The molecule has 0 atom stereocenters. The third-order valence-electron chi connectivity index (χ3n) is 4.92. The molecule has 2 heterocycles. The summed E-state index contributed by atoms with van der Waals surface area (Å²) in [5.41, 5.74) is 12.0. The fourth-order valence-electron chi connectivity index (χ4n) is 3.56. The Hall–Kier alpha value is -2.92. The van der Waals surface area contributed by atoms with Crippen LogP contribution in [0.4, 0.5) is 0 Å². The van der Waals surface area contributed by atoms with Crippen LogP contribution in [0.2, 0.25) is 0 Å². The van der Waals surface area contributed by atoms with Gasteiger partial charge in [0.25, 0.3) is 5.91 Å². The molecular formula is C21H22N4O. The van der Waals surface area contributed by atoms with Gasteiger partial charge in [-0.15, -0.1) is 0 Å². The Labute approximate surface area is 152 Å². The number of aryl methyl sites for hydroxylation is 1. The first-order chi connectivity index (χ1) is 12.7. The molecule has 4 rings (SSSR count). The number of carbonyl (C=O) groups excluding carboxylic acids is 1. The van der Waals surface area contributed by atoms with Crippen molar-refractivity contribution in [3.63, 3.8) is 0 Å². The number of aromatic nitrogens is 2. The van der Waals surface area contributed by atoms with Crippen molar-refractivity contribution in [2.45, 2.75) is 26.4 Å². The van der Waals surface area contributed by atoms with Crippen LogP contribution < -0.4 is 5.73 Å². The number of nitrogens with one attached hydrogen (secondary N) is 1. The van der Waals surface area contributed by atoms with Crippen LogP contribution in [-0.2, 0) is 19.5 Å². The van der Waals surface area contributed by atoms with E-state index in [9.17, 15) is 4.79 Å². The van der Waals surface area contributed by atoms with E-state index in [0.29, 0.717) is 25.2 Å². The van der Waals surface area contributed by atoms with Gasteiger partial charge in [-0.05, 0) is 35.7 Å². The molecule has 5 heteroatoms. The number of benzene rings is 2. The van der Waals surface area contributed by atoms with E-state index in [1.807, 2.05) is 54.3 Å². The molecule has 0 aliphatic carbocycles. The Kier molecular flexibility index (Phi) is 4.31. The fraction of sp³-hybridized carbons (Fsp3) is 0.238. The molecular weight excluding hydrogens is 324 g/mol. The summed E-state index contributed by atoms with van der Waals surface area (Å²) in [5, 5.41) is 0. The zero-order valence-electron chi connectivity index (χ0n) is 14.8. The Balaban J connectivity index is 1.54. The van der Waals surface area contributed by atoms with Crippen molar-refractivity contribution in [1.82, 2.24) is 14.9 Å². The molecule has 2 aromatic carbocycles. The molecule has 0 spiro atoms. The van der Waals surface area contributed by atoms with Crippen LogP contribution in [0.5, 0.6) is 0 Å². The van der Waals surface area contributed by atoms with Crippen LogP contribution in [0.15, 0.2) is 48.5 Å². The van der Waals surface area contributed by atoms with Crippen LogP contribution in [0.3, 0.4) is 0 Å². The van der Waals surface area contributed by atoms with Crippen LogP contribution in [0.25, 0.3) is 11.1 Å². The first kappa shape index (κ1) is 16.5. The van der Waals surface area contributed by atoms with Gasteiger partial charge in [0.15, 0.2) is 0 Å². The summed E-state index contributed by atoms with van der Waals surface area (Å²) < 4.78 is 0. The molecule has 1 aliphatic rings. The number of amides is 1. The fourth-order valence-corrected chi connectivity index (χ4v) is 3.56. The van der Waals surface area contributed by atoms with Gasteiger partial charge in [-0.3, -0.25) is 4.79 Å². The molecule has 0 radical (unpaired) electrons. The smallest absolute Gasteiger partial charge is 0.254 e. The van der Waals surface area contributed by atoms with Crippen molar-refractivity contribution < 1.29 is 4.79 Å². The second-order valence-corrected chi connectivity index (χ2v) is 6.66. The van der Waals surface area contributed by atoms with E-state index in [1.54, 1.807) is 0 Å². The largest absolute Gasteiger partial charge is 0.344 e. The third-order valence-corrected chi connectivity index (χ3v) is 4.92. The number of hydrogen-bond donors (Lipinski definition) is 2. The number of nitrogens with two attached hydrogens (primary N) is 1. The van der Waals surface area contributed by atoms with Crippen molar-refractivity contribution in [2.75, 3.05) is 6.54 Å². The van der Waals surface area contributed by atoms with Crippen LogP contribution >= 0.6 is 0 Å². The van der Waals surface area contributed by atoms with Crippen molar-refractivity contribution in [3.05, 3.63) is 76.9 Å². The first-order valence-corrected chi connectivity index (χ1v) is 8.88. The van der Waals surface area contributed by atoms with E-state index in [-0.39, 0.29) is 5.91 Å². The summed E-state index contributed by atoms with van der Waals surface area (Å²) in [4.78, 5) is 22.5. The summed E-state index contributed by atoms with van der Waals surface area (Å²) in [6.07, 6.45) is 0.799. The average molecular weight is 346 g/mol. The van der Waals surface area contributed by atoms with Crippen molar-refractivity contribution >= 4 is 5.91 Å². The molecule has 0 bridgehead atoms. The Morgan fingerprint density at radius 3 is 2.73 bits per heavy atom. The zero-order valence-corrected chi connectivity index (χ0v) is 14.8. The number of aromatic amines is 1. The monoisotopic (exact) mass is 346 g/mol. The SMILES string of the molecule is Cc1nc2c([nH]1)CN(C(=O)c1ccc(-c3ccccc3CN)cc1)CC2. The van der Waals surface area contributed by atoms with Gasteiger partial charge in [-0.2, -0.15) is 0 Å². The van der Waals surface area contributed by atoms with Gasteiger partial charge in [0, 0.05) is 25.1 Å². The number of hydrogen-bond acceptors (Lipinski definition) is 3. The van der Waals surface area contributed by atoms with Crippen LogP contribution in [0.1, 0.15) is 33.1 Å². The van der Waals surface area contributed by atoms with Gasteiger partial charge in [0.05, 0.1) is 17.9 Å². The van der Waals surface area contributed by atoms with E-state index in [0.717, 1.165) is 40.3 Å². The van der Waals surface area contributed by atoms with Crippen LogP contribution in [0, 0.1) is 6.92 Å². The van der Waals surface area contributed by atoms with Gasteiger partial charge in [-0.25, -0.2) is 4.98 Å². The molecule has 3 N–H and O–H groups in total. The first-order valence-electron chi connectivity index (χ1n) is 8.88. The number of carbonyl (C=O) groups is 1. The standard InChI is InChI=1S/C21H22N4O/c1-14-23-19-10-11-25(13-20(19)24-14)21(26)16-8-6-15(7-9-16)18-5-3-2-4-17(18)12-22/h2-9H,10-13,22H2,1H3,(H,23,24). The maximum Gasteiger partial charge on any atom is 0.254 e. The maximum absolute atomic E-state index is 12.9.